The first-order chi connectivity index (χ1) is 19.9. The fraction of sp³-hybridized carbons (Fsp3) is 0.200. The van der Waals surface area contributed by atoms with Crippen LogP contribution in [-0.2, 0) is 11.2 Å². The zero-order chi connectivity index (χ0) is 28.4. The van der Waals surface area contributed by atoms with Gasteiger partial charge >= 0.3 is 0 Å². The predicted molar refractivity (Wildman–Crippen MR) is 157 cm³/mol. The van der Waals surface area contributed by atoms with E-state index in [1.165, 1.54) is 0 Å². The Morgan fingerprint density at radius 3 is 2.15 bits per heavy atom. The summed E-state index contributed by atoms with van der Waals surface area (Å²) in [5, 5.41) is 13.5. The predicted octanol–water partition coefficient (Wildman–Crippen LogP) is 6.45. The minimum absolute atomic E-state index is 0.410. The first-order valence-electron chi connectivity index (χ1n) is 13.7. The van der Waals surface area contributed by atoms with Crippen LogP contribution < -0.4 is 14.2 Å². The number of hydrogen-bond acceptors (Lipinski definition) is 6. The van der Waals surface area contributed by atoms with Crippen LogP contribution in [0.25, 0.3) is 11.4 Å². The van der Waals surface area contributed by atoms with Crippen LogP contribution in [0.15, 0.2) is 97.1 Å². The van der Waals surface area contributed by atoms with Gasteiger partial charge < -0.3 is 19.3 Å². The van der Waals surface area contributed by atoms with E-state index >= 15 is 0 Å². The first kappa shape index (κ1) is 25.3. The van der Waals surface area contributed by atoms with Gasteiger partial charge in [0.2, 0.25) is 5.88 Å². The summed E-state index contributed by atoms with van der Waals surface area (Å²) in [5.74, 6) is 1.75. The summed E-state index contributed by atoms with van der Waals surface area (Å²) in [7, 11) is 3.25. The molecule has 1 aliphatic heterocycles. The van der Waals surface area contributed by atoms with E-state index in [4.69, 9.17) is 24.2 Å². The molecule has 1 aromatic heterocycles. The van der Waals surface area contributed by atoms with Crippen molar-refractivity contribution in [3.63, 3.8) is 0 Å². The lowest BCUT2D eigenvalue weighted by molar-refractivity contribution is -0.0906. The Labute approximate surface area is 239 Å². The van der Waals surface area contributed by atoms with Crippen LogP contribution in [0.4, 0.5) is 0 Å². The first-order valence-corrected chi connectivity index (χ1v) is 13.7. The van der Waals surface area contributed by atoms with Crippen LogP contribution in [0, 0.1) is 13.8 Å². The summed E-state index contributed by atoms with van der Waals surface area (Å²) in [4.78, 5) is 10.0. The third-order valence-electron chi connectivity index (χ3n) is 8.44. The Morgan fingerprint density at radius 1 is 0.805 bits per heavy atom. The normalized spacial score (nSPS) is 21.9. The standard InChI is InChI=1S/C35H30N2O4/c1-21-19-22(2)29-27(20-21)41-35(25-15-17-26(39-3)18-16-25)30(23-11-7-5-8-12-23)28-31(34(29,35)38)36-32(37-33(28)40-4)24-13-9-6-10-14-24/h5-20,30,38H,1-4H3/t30-,34+,35+/m1/s1. The van der Waals surface area contributed by atoms with Crippen LogP contribution in [0.3, 0.4) is 0 Å². The molecule has 5 aromatic rings. The molecular weight excluding hydrogens is 512 g/mol. The lowest BCUT2D eigenvalue weighted by Crippen LogP contribution is -2.49. The number of aliphatic hydroxyl groups is 1. The molecule has 1 aliphatic carbocycles. The van der Waals surface area contributed by atoms with Gasteiger partial charge in [-0.25, -0.2) is 4.98 Å². The van der Waals surface area contributed by atoms with Gasteiger partial charge in [-0.05, 0) is 48.7 Å². The highest BCUT2D eigenvalue weighted by Crippen LogP contribution is 2.70. The second kappa shape index (κ2) is 9.18. The van der Waals surface area contributed by atoms with Crippen molar-refractivity contribution in [2.24, 2.45) is 0 Å². The third kappa shape index (κ3) is 3.40. The van der Waals surface area contributed by atoms with E-state index in [9.17, 15) is 5.11 Å². The molecule has 0 radical (unpaired) electrons. The smallest absolute Gasteiger partial charge is 0.221 e. The Morgan fingerprint density at radius 2 is 1.49 bits per heavy atom. The summed E-state index contributed by atoms with van der Waals surface area (Å²) in [6.07, 6.45) is 0. The highest BCUT2D eigenvalue weighted by Gasteiger charge is 2.73. The Hall–Kier alpha value is -4.68. The van der Waals surface area contributed by atoms with Crippen LogP contribution >= 0.6 is 0 Å². The van der Waals surface area contributed by atoms with Crippen LogP contribution in [0.5, 0.6) is 17.4 Å². The van der Waals surface area contributed by atoms with Crippen molar-refractivity contribution in [3.8, 4) is 28.8 Å². The molecule has 204 valence electrons. The van der Waals surface area contributed by atoms with Gasteiger partial charge in [0.15, 0.2) is 17.0 Å². The van der Waals surface area contributed by atoms with E-state index < -0.39 is 17.1 Å². The molecule has 6 heteroatoms. The Balaban J connectivity index is 1.64. The van der Waals surface area contributed by atoms with E-state index in [1.807, 2.05) is 92.7 Å². The van der Waals surface area contributed by atoms with Crippen molar-refractivity contribution < 1.29 is 19.3 Å². The number of methoxy groups -OCH3 is 2. The fourth-order valence-electron chi connectivity index (χ4n) is 6.85. The second-order valence-electron chi connectivity index (χ2n) is 10.8. The minimum atomic E-state index is -1.66. The topological polar surface area (TPSA) is 73.7 Å². The molecule has 2 aliphatic rings. The second-order valence-corrected chi connectivity index (χ2v) is 10.8. The van der Waals surface area contributed by atoms with E-state index in [2.05, 4.69) is 18.2 Å². The summed E-state index contributed by atoms with van der Waals surface area (Å²) in [5.41, 5.74) is 3.49. The Bertz CT molecular complexity index is 1770. The maximum atomic E-state index is 13.5. The number of nitrogens with zero attached hydrogens (tertiary/aromatic N) is 2. The molecule has 0 saturated heterocycles. The van der Waals surface area contributed by atoms with Gasteiger partial charge in [0, 0.05) is 16.7 Å². The molecule has 0 fully saturated rings. The van der Waals surface area contributed by atoms with E-state index in [0.717, 1.165) is 27.8 Å². The summed E-state index contributed by atoms with van der Waals surface area (Å²) in [6, 6.07) is 31.7. The number of benzene rings is 4. The van der Waals surface area contributed by atoms with Gasteiger partial charge in [-0.2, -0.15) is 4.98 Å². The average molecular weight is 543 g/mol. The van der Waals surface area contributed by atoms with Crippen molar-refractivity contribution in [1.29, 1.82) is 0 Å². The van der Waals surface area contributed by atoms with Gasteiger partial charge in [-0.15, -0.1) is 0 Å². The van der Waals surface area contributed by atoms with Gasteiger partial charge in [0.05, 0.1) is 31.4 Å². The van der Waals surface area contributed by atoms with Crippen molar-refractivity contribution in [2.45, 2.75) is 31.0 Å². The molecule has 0 unspecified atom stereocenters. The number of fused-ring (bicyclic) bond motifs is 5. The summed E-state index contributed by atoms with van der Waals surface area (Å²) < 4.78 is 18.6. The molecule has 0 spiro atoms. The Kier molecular flexibility index (Phi) is 5.66. The maximum absolute atomic E-state index is 13.5. The molecule has 1 N–H and O–H groups in total. The molecule has 41 heavy (non-hydrogen) atoms. The maximum Gasteiger partial charge on any atom is 0.221 e. The SMILES string of the molecule is COc1ccc([C@@]23Oc4cc(C)cc(C)c4[C@]2(O)c2nc(-c4ccccc4)nc(OC)c2[C@H]3c2ccccc2)cc1. The van der Waals surface area contributed by atoms with E-state index in [-0.39, 0.29) is 0 Å². The van der Waals surface area contributed by atoms with Gasteiger partial charge in [0.1, 0.15) is 11.5 Å². The molecule has 0 amide bonds. The highest BCUT2D eigenvalue weighted by molar-refractivity contribution is 5.69. The minimum Gasteiger partial charge on any atom is -0.497 e. The number of aromatic nitrogens is 2. The molecule has 6 nitrogen and oxygen atoms in total. The molecule has 3 atom stereocenters. The molecule has 2 heterocycles. The van der Waals surface area contributed by atoms with Gasteiger partial charge in [-0.3, -0.25) is 0 Å². The molecule has 7 rings (SSSR count). The number of ether oxygens (including phenoxy) is 3. The summed E-state index contributed by atoms with van der Waals surface area (Å²) >= 11 is 0. The largest absolute Gasteiger partial charge is 0.497 e. The molecule has 0 saturated carbocycles. The van der Waals surface area contributed by atoms with Crippen LogP contribution in [0.1, 0.15) is 45.0 Å². The molecule has 4 aromatic carbocycles. The fourth-order valence-corrected chi connectivity index (χ4v) is 6.85. The zero-order valence-corrected chi connectivity index (χ0v) is 23.4. The lowest BCUT2D eigenvalue weighted by atomic mass is 9.69. The number of hydrogen-bond donors (Lipinski definition) is 1. The number of aryl methyl sites for hydroxylation is 2. The van der Waals surface area contributed by atoms with Crippen molar-refractivity contribution >= 4 is 0 Å². The molecular formula is C35H30N2O4. The quantitative estimate of drug-likeness (QED) is 0.275. The van der Waals surface area contributed by atoms with Crippen LogP contribution in [-0.4, -0.2) is 29.3 Å². The van der Waals surface area contributed by atoms with E-state index in [1.54, 1.807) is 14.2 Å². The van der Waals surface area contributed by atoms with Crippen LogP contribution in [0.2, 0.25) is 0 Å². The van der Waals surface area contributed by atoms with E-state index in [0.29, 0.717) is 40.0 Å². The summed E-state index contributed by atoms with van der Waals surface area (Å²) in [6.45, 7) is 4.06. The van der Waals surface area contributed by atoms with Gasteiger partial charge in [-0.1, -0.05) is 78.9 Å². The highest BCUT2D eigenvalue weighted by atomic mass is 16.5. The number of rotatable bonds is 5. The average Bonchev–Trinajstić information content (AvgIpc) is 3.39. The third-order valence-corrected chi connectivity index (χ3v) is 8.44. The zero-order valence-electron chi connectivity index (χ0n) is 23.4. The van der Waals surface area contributed by atoms with Crippen molar-refractivity contribution in [1.82, 2.24) is 9.97 Å². The van der Waals surface area contributed by atoms with Crippen molar-refractivity contribution in [2.75, 3.05) is 14.2 Å². The molecule has 0 bridgehead atoms. The van der Waals surface area contributed by atoms with Crippen molar-refractivity contribution in [3.05, 3.63) is 136 Å². The monoisotopic (exact) mass is 542 g/mol. The lowest BCUT2D eigenvalue weighted by Gasteiger charge is -2.40. The van der Waals surface area contributed by atoms with Gasteiger partial charge in [0.25, 0.3) is 0 Å².